The van der Waals surface area contributed by atoms with Gasteiger partial charge in [-0.3, -0.25) is 0 Å². The third kappa shape index (κ3) is 4.63. The first-order valence-electron chi connectivity index (χ1n) is 7.75. The van der Waals surface area contributed by atoms with E-state index in [1.54, 1.807) is 0 Å². The highest BCUT2D eigenvalue weighted by Gasteiger charge is 2.17. The molecular formula is C20H28O. The van der Waals surface area contributed by atoms with Crippen LogP contribution in [0.3, 0.4) is 0 Å². The smallest absolute Gasteiger partial charge is 0.122 e. The predicted octanol–water partition coefficient (Wildman–Crippen LogP) is 5.62. The van der Waals surface area contributed by atoms with Crippen LogP contribution in [0.2, 0.25) is 0 Å². The molecule has 0 bridgehead atoms. The molecule has 0 spiro atoms. The topological polar surface area (TPSA) is 20.2 Å². The second-order valence-electron chi connectivity index (χ2n) is 6.21. The molecule has 0 saturated carbocycles. The molecule has 1 N–H and O–H groups in total. The van der Waals surface area contributed by atoms with Crippen molar-refractivity contribution in [3.05, 3.63) is 64.7 Å². The lowest BCUT2D eigenvalue weighted by Gasteiger charge is -2.21. The van der Waals surface area contributed by atoms with Crippen LogP contribution >= 0.6 is 0 Å². The lowest BCUT2D eigenvalue weighted by atomic mass is 9.84. The molecule has 0 aliphatic carbocycles. The molecule has 0 radical (unpaired) electrons. The van der Waals surface area contributed by atoms with Gasteiger partial charge < -0.3 is 5.11 Å². The van der Waals surface area contributed by atoms with Gasteiger partial charge in [0.05, 0.1) is 0 Å². The van der Waals surface area contributed by atoms with Crippen LogP contribution in [-0.4, -0.2) is 5.11 Å². The minimum absolute atomic E-state index is 0.101. The Morgan fingerprint density at radius 3 is 2.05 bits per heavy atom. The van der Waals surface area contributed by atoms with Crippen LogP contribution in [-0.2, 0) is 11.8 Å². The average Bonchev–Trinajstić information content (AvgIpc) is 2.46. The van der Waals surface area contributed by atoms with E-state index < -0.39 is 0 Å². The monoisotopic (exact) mass is 284 g/mol. The van der Waals surface area contributed by atoms with Crippen molar-refractivity contribution >= 4 is 0 Å². The van der Waals surface area contributed by atoms with Crippen molar-refractivity contribution in [3.63, 3.8) is 0 Å². The quantitative estimate of drug-likeness (QED) is 0.759. The Bertz CT molecular complexity index is 562. The van der Waals surface area contributed by atoms with E-state index in [1.807, 2.05) is 39.0 Å². The van der Waals surface area contributed by atoms with Gasteiger partial charge in [-0.05, 0) is 34.6 Å². The number of aryl methyl sites for hydroxylation is 1. The van der Waals surface area contributed by atoms with Gasteiger partial charge >= 0.3 is 0 Å². The van der Waals surface area contributed by atoms with Gasteiger partial charge in [-0.15, -0.1) is 0 Å². The first-order chi connectivity index (χ1) is 9.88. The molecule has 114 valence electrons. The molecule has 21 heavy (non-hydrogen) atoms. The Kier molecular flexibility index (Phi) is 6.02. The molecule has 0 unspecified atom stereocenters. The number of hydrogen-bond donors (Lipinski definition) is 1. The Labute approximate surface area is 129 Å². The van der Waals surface area contributed by atoms with Crippen molar-refractivity contribution in [2.45, 2.75) is 53.4 Å². The van der Waals surface area contributed by atoms with E-state index in [1.165, 1.54) is 11.1 Å². The summed E-state index contributed by atoms with van der Waals surface area (Å²) in [5.74, 6) is 0.428. The van der Waals surface area contributed by atoms with Gasteiger partial charge in [0.15, 0.2) is 0 Å². The molecule has 0 aliphatic rings. The number of aromatic hydroxyl groups is 1. The maximum Gasteiger partial charge on any atom is 0.122 e. The lowest BCUT2D eigenvalue weighted by molar-refractivity contribution is 0.463. The first kappa shape index (κ1) is 17.3. The van der Waals surface area contributed by atoms with Gasteiger partial charge in [-0.2, -0.15) is 0 Å². The van der Waals surface area contributed by atoms with Crippen LogP contribution < -0.4 is 0 Å². The van der Waals surface area contributed by atoms with Crippen LogP contribution in [0.15, 0.2) is 42.5 Å². The number of rotatable bonds is 2. The standard InChI is InChI=1S/C18H22O.C2H6/c1-13-10-16(18(2,3)4)12-15(17(13)19)11-14-8-6-5-7-9-14;1-2/h5-10,12,19H,11H2,1-4H3;1-2H3. The Morgan fingerprint density at radius 2 is 1.52 bits per heavy atom. The summed E-state index contributed by atoms with van der Waals surface area (Å²) in [4.78, 5) is 0. The maximum absolute atomic E-state index is 10.2. The van der Waals surface area contributed by atoms with E-state index in [-0.39, 0.29) is 5.41 Å². The van der Waals surface area contributed by atoms with Gasteiger partial charge in [0, 0.05) is 6.42 Å². The Morgan fingerprint density at radius 1 is 0.952 bits per heavy atom. The molecule has 0 saturated heterocycles. The molecule has 2 aromatic carbocycles. The first-order valence-corrected chi connectivity index (χ1v) is 7.75. The van der Waals surface area contributed by atoms with Crippen LogP contribution in [0, 0.1) is 6.92 Å². The molecule has 0 atom stereocenters. The molecule has 0 fully saturated rings. The maximum atomic E-state index is 10.2. The minimum atomic E-state index is 0.101. The zero-order valence-corrected chi connectivity index (χ0v) is 14.2. The van der Waals surface area contributed by atoms with Crippen molar-refractivity contribution in [1.29, 1.82) is 0 Å². The summed E-state index contributed by atoms with van der Waals surface area (Å²) in [7, 11) is 0. The molecule has 0 aromatic heterocycles. The highest BCUT2D eigenvalue weighted by Crippen LogP contribution is 2.31. The van der Waals surface area contributed by atoms with E-state index in [2.05, 4.69) is 45.0 Å². The summed E-state index contributed by atoms with van der Waals surface area (Å²) >= 11 is 0. The van der Waals surface area contributed by atoms with Crippen molar-refractivity contribution < 1.29 is 5.11 Å². The summed E-state index contributed by atoms with van der Waals surface area (Å²) in [6, 6.07) is 14.5. The highest BCUT2D eigenvalue weighted by molar-refractivity contribution is 5.46. The molecule has 1 nitrogen and oxygen atoms in total. The fourth-order valence-electron chi connectivity index (χ4n) is 2.24. The van der Waals surface area contributed by atoms with Crippen molar-refractivity contribution in [2.75, 3.05) is 0 Å². The van der Waals surface area contributed by atoms with E-state index in [0.717, 1.165) is 17.5 Å². The Hall–Kier alpha value is -1.76. The van der Waals surface area contributed by atoms with E-state index >= 15 is 0 Å². The van der Waals surface area contributed by atoms with Crippen molar-refractivity contribution in [3.8, 4) is 5.75 Å². The van der Waals surface area contributed by atoms with Crippen LogP contribution in [0.5, 0.6) is 5.75 Å². The van der Waals surface area contributed by atoms with E-state index in [4.69, 9.17) is 0 Å². The predicted molar refractivity (Wildman–Crippen MR) is 92.1 cm³/mol. The van der Waals surface area contributed by atoms with Gasteiger partial charge in [0.2, 0.25) is 0 Å². The number of phenolic OH excluding ortho intramolecular Hbond substituents is 1. The molecule has 0 aliphatic heterocycles. The number of benzene rings is 2. The third-order valence-electron chi connectivity index (χ3n) is 3.48. The molecular weight excluding hydrogens is 256 g/mol. The van der Waals surface area contributed by atoms with Crippen LogP contribution in [0.4, 0.5) is 0 Å². The lowest BCUT2D eigenvalue weighted by Crippen LogP contribution is -2.12. The fraction of sp³-hybridized carbons (Fsp3) is 0.400. The Balaban J connectivity index is 0.00000106. The van der Waals surface area contributed by atoms with Gasteiger partial charge in [-0.25, -0.2) is 0 Å². The number of phenols is 1. The summed E-state index contributed by atoms with van der Waals surface area (Å²) in [6.45, 7) is 12.6. The van der Waals surface area contributed by atoms with Crippen molar-refractivity contribution in [2.24, 2.45) is 0 Å². The zero-order valence-electron chi connectivity index (χ0n) is 14.2. The van der Waals surface area contributed by atoms with Crippen LogP contribution in [0.1, 0.15) is 56.9 Å². The molecule has 0 amide bonds. The van der Waals surface area contributed by atoms with E-state index in [0.29, 0.717) is 5.75 Å². The van der Waals surface area contributed by atoms with Gasteiger partial charge in [0.25, 0.3) is 0 Å². The highest BCUT2D eigenvalue weighted by atomic mass is 16.3. The largest absolute Gasteiger partial charge is 0.507 e. The SMILES string of the molecule is CC.Cc1cc(C(C)(C)C)cc(Cc2ccccc2)c1O. The summed E-state index contributed by atoms with van der Waals surface area (Å²) < 4.78 is 0. The summed E-state index contributed by atoms with van der Waals surface area (Å²) in [6.07, 6.45) is 0.775. The minimum Gasteiger partial charge on any atom is -0.507 e. The van der Waals surface area contributed by atoms with Crippen LogP contribution in [0.25, 0.3) is 0 Å². The van der Waals surface area contributed by atoms with Crippen molar-refractivity contribution in [1.82, 2.24) is 0 Å². The molecule has 2 rings (SSSR count). The molecule has 1 heteroatoms. The zero-order chi connectivity index (χ0) is 16.0. The van der Waals surface area contributed by atoms with Gasteiger partial charge in [-0.1, -0.05) is 77.1 Å². The number of hydrogen-bond acceptors (Lipinski definition) is 1. The summed E-state index contributed by atoms with van der Waals surface area (Å²) in [5.41, 5.74) is 4.57. The van der Waals surface area contributed by atoms with Gasteiger partial charge in [0.1, 0.15) is 5.75 Å². The third-order valence-corrected chi connectivity index (χ3v) is 3.48. The van der Waals surface area contributed by atoms with E-state index in [9.17, 15) is 5.11 Å². The molecule has 0 heterocycles. The molecule has 2 aromatic rings. The fourth-order valence-corrected chi connectivity index (χ4v) is 2.24. The summed E-state index contributed by atoms with van der Waals surface area (Å²) in [5, 5.41) is 10.2. The average molecular weight is 284 g/mol. The second-order valence-corrected chi connectivity index (χ2v) is 6.21. The second kappa shape index (κ2) is 7.31. The normalized spacial score (nSPS) is 10.8.